The fraction of sp³-hybridized carbons (Fsp3) is 0.579. The zero-order chi connectivity index (χ0) is 17.3. The van der Waals surface area contributed by atoms with Gasteiger partial charge in [0.1, 0.15) is 0 Å². The van der Waals surface area contributed by atoms with Crippen LogP contribution in [0.3, 0.4) is 0 Å². The van der Waals surface area contributed by atoms with Crippen LogP contribution in [-0.4, -0.2) is 35.0 Å². The number of hydrogen-bond acceptors (Lipinski definition) is 3. The van der Waals surface area contributed by atoms with Gasteiger partial charge in [-0.05, 0) is 55.5 Å². The van der Waals surface area contributed by atoms with E-state index in [2.05, 4.69) is 30.1 Å². The van der Waals surface area contributed by atoms with Crippen molar-refractivity contribution in [1.82, 2.24) is 4.90 Å². The molecule has 2 fully saturated rings. The number of piperidine rings is 1. The Labute approximate surface area is 143 Å². The number of amides is 1. The van der Waals surface area contributed by atoms with Crippen molar-refractivity contribution in [2.45, 2.75) is 39.7 Å². The summed E-state index contributed by atoms with van der Waals surface area (Å²) in [6.07, 6.45) is 2.38. The zero-order valence-electron chi connectivity index (χ0n) is 14.4. The SMILES string of the molecule is CC1(C)CC1C(=O)Nc1cccc(CN2CCC(C(=O)O)CC2)c1. The van der Waals surface area contributed by atoms with Gasteiger partial charge in [-0.15, -0.1) is 0 Å². The molecule has 0 bridgehead atoms. The van der Waals surface area contributed by atoms with E-state index in [0.717, 1.165) is 37.3 Å². The molecule has 1 atom stereocenters. The number of nitrogens with one attached hydrogen (secondary N) is 1. The summed E-state index contributed by atoms with van der Waals surface area (Å²) in [5.41, 5.74) is 2.13. The van der Waals surface area contributed by atoms with Crippen LogP contribution in [0, 0.1) is 17.3 Å². The topological polar surface area (TPSA) is 69.6 Å². The van der Waals surface area contributed by atoms with Crippen LogP contribution in [0.25, 0.3) is 0 Å². The molecule has 5 heteroatoms. The Balaban J connectivity index is 1.54. The third kappa shape index (κ3) is 3.96. The number of likely N-dealkylation sites (tertiary alicyclic amines) is 1. The fourth-order valence-electron chi connectivity index (χ4n) is 3.49. The molecular formula is C19H26N2O3. The number of anilines is 1. The summed E-state index contributed by atoms with van der Waals surface area (Å²) in [5.74, 6) is -0.647. The molecule has 130 valence electrons. The van der Waals surface area contributed by atoms with E-state index >= 15 is 0 Å². The van der Waals surface area contributed by atoms with Crippen LogP contribution in [0.15, 0.2) is 24.3 Å². The van der Waals surface area contributed by atoms with Crippen LogP contribution in [-0.2, 0) is 16.1 Å². The van der Waals surface area contributed by atoms with Crippen molar-refractivity contribution in [2.24, 2.45) is 17.3 Å². The minimum Gasteiger partial charge on any atom is -0.481 e. The molecule has 1 aliphatic carbocycles. The van der Waals surface area contributed by atoms with Gasteiger partial charge in [-0.1, -0.05) is 26.0 Å². The van der Waals surface area contributed by atoms with Crippen LogP contribution in [0.4, 0.5) is 5.69 Å². The second kappa shape index (κ2) is 6.55. The lowest BCUT2D eigenvalue weighted by Crippen LogP contribution is -2.35. The number of nitrogens with zero attached hydrogens (tertiary/aromatic N) is 1. The van der Waals surface area contributed by atoms with Crippen molar-refractivity contribution in [3.8, 4) is 0 Å². The van der Waals surface area contributed by atoms with E-state index in [4.69, 9.17) is 5.11 Å². The van der Waals surface area contributed by atoms with Crippen molar-refractivity contribution < 1.29 is 14.7 Å². The van der Waals surface area contributed by atoms with E-state index in [1.807, 2.05) is 18.2 Å². The smallest absolute Gasteiger partial charge is 0.306 e. The lowest BCUT2D eigenvalue weighted by Gasteiger charge is -2.30. The van der Waals surface area contributed by atoms with Gasteiger partial charge >= 0.3 is 5.97 Å². The van der Waals surface area contributed by atoms with Crippen LogP contribution in [0.2, 0.25) is 0 Å². The lowest BCUT2D eigenvalue weighted by atomic mass is 9.97. The third-order valence-electron chi connectivity index (χ3n) is 5.37. The first-order chi connectivity index (χ1) is 11.3. The number of carbonyl (C=O) groups is 2. The summed E-state index contributed by atoms with van der Waals surface area (Å²) in [5, 5.41) is 12.1. The van der Waals surface area contributed by atoms with Gasteiger partial charge in [0.05, 0.1) is 5.92 Å². The predicted octanol–water partition coefficient (Wildman–Crippen LogP) is 2.97. The van der Waals surface area contributed by atoms with Crippen LogP contribution in [0.5, 0.6) is 0 Å². The average Bonchev–Trinajstić information content (AvgIpc) is 3.17. The molecule has 0 radical (unpaired) electrons. The molecule has 2 aliphatic rings. The van der Waals surface area contributed by atoms with Gasteiger partial charge in [-0.3, -0.25) is 14.5 Å². The van der Waals surface area contributed by atoms with Gasteiger partial charge in [0.15, 0.2) is 0 Å². The molecule has 2 N–H and O–H groups in total. The van der Waals surface area contributed by atoms with Crippen LogP contribution >= 0.6 is 0 Å². The first-order valence-corrected chi connectivity index (χ1v) is 8.70. The molecule has 1 aromatic rings. The minimum absolute atomic E-state index is 0.111. The standard InChI is InChI=1S/C19H26N2O3/c1-19(2)11-16(19)17(22)20-15-5-3-4-13(10-15)12-21-8-6-14(7-9-21)18(23)24/h3-5,10,14,16H,6-9,11-12H2,1-2H3,(H,20,22)(H,23,24). The number of hydrogen-bond donors (Lipinski definition) is 2. The Morgan fingerprint density at radius 3 is 2.54 bits per heavy atom. The number of carboxylic acid groups (broad SMARTS) is 1. The number of carbonyl (C=O) groups excluding carboxylic acids is 1. The number of benzene rings is 1. The molecule has 1 amide bonds. The summed E-state index contributed by atoms with van der Waals surface area (Å²) < 4.78 is 0. The highest BCUT2D eigenvalue weighted by Crippen LogP contribution is 2.51. The molecular weight excluding hydrogens is 304 g/mol. The normalized spacial score (nSPS) is 23.7. The molecule has 1 saturated carbocycles. The summed E-state index contributed by atoms with van der Waals surface area (Å²) in [6, 6.07) is 7.97. The first kappa shape index (κ1) is 17.0. The minimum atomic E-state index is -0.678. The molecule has 1 saturated heterocycles. The maximum absolute atomic E-state index is 12.2. The van der Waals surface area contributed by atoms with E-state index in [0.29, 0.717) is 12.8 Å². The summed E-state index contributed by atoms with van der Waals surface area (Å²) >= 11 is 0. The maximum atomic E-state index is 12.2. The highest BCUT2D eigenvalue weighted by atomic mass is 16.4. The van der Waals surface area contributed by atoms with Crippen molar-refractivity contribution in [2.75, 3.05) is 18.4 Å². The Hall–Kier alpha value is -1.88. The van der Waals surface area contributed by atoms with E-state index in [9.17, 15) is 9.59 Å². The zero-order valence-corrected chi connectivity index (χ0v) is 14.4. The van der Waals surface area contributed by atoms with Crippen molar-refractivity contribution in [3.05, 3.63) is 29.8 Å². The van der Waals surface area contributed by atoms with E-state index in [1.54, 1.807) is 0 Å². The average molecular weight is 330 g/mol. The largest absolute Gasteiger partial charge is 0.481 e. The van der Waals surface area contributed by atoms with Gasteiger partial charge < -0.3 is 10.4 Å². The summed E-state index contributed by atoms with van der Waals surface area (Å²) in [7, 11) is 0. The Kier molecular flexibility index (Phi) is 4.63. The predicted molar refractivity (Wildman–Crippen MR) is 92.6 cm³/mol. The Bertz CT molecular complexity index is 633. The molecule has 24 heavy (non-hydrogen) atoms. The van der Waals surface area contributed by atoms with E-state index < -0.39 is 5.97 Å². The summed E-state index contributed by atoms with van der Waals surface area (Å²) in [4.78, 5) is 25.5. The molecule has 5 nitrogen and oxygen atoms in total. The Morgan fingerprint density at radius 2 is 1.96 bits per heavy atom. The number of aliphatic carboxylic acids is 1. The molecule has 1 heterocycles. The van der Waals surface area contributed by atoms with E-state index in [1.165, 1.54) is 0 Å². The Morgan fingerprint density at radius 1 is 1.29 bits per heavy atom. The van der Waals surface area contributed by atoms with Crippen LogP contribution < -0.4 is 5.32 Å². The van der Waals surface area contributed by atoms with E-state index in [-0.39, 0.29) is 23.2 Å². The molecule has 1 aromatic carbocycles. The van der Waals surface area contributed by atoms with Crippen molar-refractivity contribution in [1.29, 1.82) is 0 Å². The first-order valence-electron chi connectivity index (χ1n) is 8.70. The number of rotatable bonds is 5. The van der Waals surface area contributed by atoms with Gasteiger partial charge in [0.25, 0.3) is 0 Å². The maximum Gasteiger partial charge on any atom is 0.306 e. The van der Waals surface area contributed by atoms with Crippen molar-refractivity contribution >= 4 is 17.6 Å². The second-order valence-electron chi connectivity index (χ2n) is 7.82. The van der Waals surface area contributed by atoms with Gasteiger partial charge in [0.2, 0.25) is 5.91 Å². The van der Waals surface area contributed by atoms with Crippen molar-refractivity contribution in [3.63, 3.8) is 0 Å². The lowest BCUT2D eigenvalue weighted by molar-refractivity contribution is -0.143. The monoisotopic (exact) mass is 330 g/mol. The third-order valence-corrected chi connectivity index (χ3v) is 5.37. The quantitative estimate of drug-likeness (QED) is 0.871. The molecule has 0 spiro atoms. The highest BCUT2D eigenvalue weighted by molar-refractivity contribution is 5.95. The van der Waals surface area contributed by atoms with Crippen LogP contribution in [0.1, 0.15) is 38.7 Å². The molecule has 0 aromatic heterocycles. The fourth-order valence-corrected chi connectivity index (χ4v) is 3.49. The number of carboxylic acids is 1. The summed E-state index contributed by atoms with van der Waals surface area (Å²) in [6.45, 7) is 6.65. The van der Waals surface area contributed by atoms with Gasteiger partial charge in [0, 0.05) is 18.2 Å². The molecule has 1 unspecified atom stereocenters. The second-order valence-corrected chi connectivity index (χ2v) is 7.82. The van der Waals surface area contributed by atoms with Gasteiger partial charge in [-0.25, -0.2) is 0 Å². The highest BCUT2D eigenvalue weighted by Gasteiger charge is 2.50. The van der Waals surface area contributed by atoms with Gasteiger partial charge in [-0.2, -0.15) is 0 Å². The molecule has 3 rings (SSSR count). The molecule has 1 aliphatic heterocycles.